The highest BCUT2D eigenvalue weighted by Crippen LogP contribution is 2.42. The Hall–Kier alpha value is -2.21. The maximum atomic E-state index is 13.6. The summed E-state index contributed by atoms with van der Waals surface area (Å²) in [5, 5.41) is 7.63. The Morgan fingerprint density at radius 2 is 2.24 bits per heavy atom. The van der Waals surface area contributed by atoms with Crippen molar-refractivity contribution in [3.8, 4) is 5.69 Å². The molecule has 1 atom stereocenters. The second-order valence-corrected chi connectivity index (χ2v) is 6.86. The van der Waals surface area contributed by atoms with Gasteiger partial charge in [0.2, 0.25) is 0 Å². The van der Waals surface area contributed by atoms with Gasteiger partial charge in [0.05, 0.1) is 28.7 Å². The molecule has 2 aromatic rings. The van der Waals surface area contributed by atoms with Crippen LogP contribution in [0.4, 0.5) is 4.39 Å². The lowest BCUT2D eigenvalue weighted by molar-refractivity contribution is 0.0856. The van der Waals surface area contributed by atoms with Crippen molar-refractivity contribution in [2.75, 3.05) is 13.2 Å². The molecule has 1 N–H and O–H groups in total. The molecule has 2 fully saturated rings. The third-order valence-electron chi connectivity index (χ3n) is 4.90. The molecule has 0 spiro atoms. The summed E-state index contributed by atoms with van der Waals surface area (Å²) in [4.78, 5) is 12.8. The minimum Gasteiger partial charge on any atom is -0.376 e. The highest BCUT2D eigenvalue weighted by molar-refractivity contribution is 5.97. The number of nitrogens with one attached hydrogen (secondary N) is 1. The van der Waals surface area contributed by atoms with Crippen molar-refractivity contribution in [1.29, 1.82) is 0 Å². The van der Waals surface area contributed by atoms with E-state index in [-0.39, 0.29) is 17.8 Å². The number of hydrogen-bond donors (Lipinski definition) is 1. The highest BCUT2D eigenvalue weighted by Gasteiger charge is 2.34. The molecule has 1 aliphatic carbocycles. The fourth-order valence-corrected chi connectivity index (χ4v) is 3.41. The molecule has 1 amide bonds. The molecule has 1 saturated carbocycles. The molecule has 132 valence electrons. The molecule has 0 bridgehead atoms. The van der Waals surface area contributed by atoms with Crippen molar-refractivity contribution < 1.29 is 13.9 Å². The standard InChI is InChI=1S/C19H22FN3O2/c1-12-17(19(24)21-11-16-6-3-9-25-16)18(13-7-8-13)22-23(12)15-5-2-4-14(20)10-15/h2,4-5,10,13,16H,3,6-9,11H2,1H3,(H,21,24). The summed E-state index contributed by atoms with van der Waals surface area (Å²) in [7, 11) is 0. The zero-order chi connectivity index (χ0) is 17.4. The van der Waals surface area contributed by atoms with Crippen LogP contribution in [0.2, 0.25) is 0 Å². The first-order valence-corrected chi connectivity index (χ1v) is 8.88. The third-order valence-corrected chi connectivity index (χ3v) is 4.90. The predicted molar refractivity (Wildman–Crippen MR) is 91.5 cm³/mol. The summed E-state index contributed by atoms with van der Waals surface area (Å²) < 4.78 is 20.8. The molecule has 1 unspecified atom stereocenters. The van der Waals surface area contributed by atoms with Crippen LogP contribution in [0.3, 0.4) is 0 Å². The zero-order valence-electron chi connectivity index (χ0n) is 14.3. The number of nitrogens with zero attached hydrogens (tertiary/aromatic N) is 2. The van der Waals surface area contributed by atoms with Crippen LogP contribution in [0, 0.1) is 12.7 Å². The second-order valence-electron chi connectivity index (χ2n) is 6.86. The number of hydrogen-bond acceptors (Lipinski definition) is 3. The van der Waals surface area contributed by atoms with Crippen LogP contribution in [0.15, 0.2) is 24.3 Å². The lowest BCUT2D eigenvalue weighted by Crippen LogP contribution is -2.32. The minimum absolute atomic E-state index is 0.104. The fraction of sp³-hybridized carbons (Fsp3) is 0.474. The van der Waals surface area contributed by atoms with Gasteiger partial charge in [-0.15, -0.1) is 0 Å². The Morgan fingerprint density at radius 1 is 1.40 bits per heavy atom. The van der Waals surface area contributed by atoms with Gasteiger partial charge in [0, 0.05) is 19.1 Å². The minimum atomic E-state index is -0.315. The Kier molecular flexibility index (Phi) is 4.29. The summed E-state index contributed by atoms with van der Waals surface area (Å²) >= 11 is 0. The van der Waals surface area contributed by atoms with Crippen LogP contribution in [0.25, 0.3) is 5.69 Å². The maximum Gasteiger partial charge on any atom is 0.255 e. The van der Waals surface area contributed by atoms with Gasteiger partial charge >= 0.3 is 0 Å². The van der Waals surface area contributed by atoms with Gasteiger partial charge in [0.1, 0.15) is 5.82 Å². The lowest BCUT2D eigenvalue weighted by Gasteiger charge is -2.11. The molecule has 1 aromatic carbocycles. The Balaban J connectivity index is 1.62. The summed E-state index contributed by atoms with van der Waals surface area (Å²) in [5.41, 5.74) is 2.84. The molecule has 2 heterocycles. The number of ether oxygens (including phenoxy) is 1. The van der Waals surface area contributed by atoms with Gasteiger partial charge in [0.15, 0.2) is 0 Å². The van der Waals surface area contributed by atoms with E-state index in [2.05, 4.69) is 10.4 Å². The predicted octanol–water partition coefficient (Wildman–Crippen LogP) is 3.11. The summed E-state index contributed by atoms with van der Waals surface area (Å²) in [5.74, 6) is -0.0979. The molecular weight excluding hydrogens is 321 g/mol. The van der Waals surface area contributed by atoms with E-state index in [1.165, 1.54) is 12.1 Å². The van der Waals surface area contributed by atoms with Crippen LogP contribution in [-0.2, 0) is 4.74 Å². The van der Waals surface area contributed by atoms with E-state index in [0.29, 0.717) is 23.7 Å². The molecule has 25 heavy (non-hydrogen) atoms. The third kappa shape index (κ3) is 3.31. The lowest BCUT2D eigenvalue weighted by atomic mass is 10.1. The van der Waals surface area contributed by atoms with Gasteiger partial charge in [-0.1, -0.05) is 6.07 Å². The van der Waals surface area contributed by atoms with Gasteiger partial charge in [-0.3, -0.25) is 4.79 Å². The van der Waals surface area contributed by atoms with Crippen LogP contribution in [0.1, 0.15) is 53.3 Å². The van der Waals surface area contributed by atoms with Gasteiger partial charge in [-0.05, 0) is 50.8 Å². The SMILES string of the molecule is Cc1c(C(=O)NCC2CCCO2)c(C2CC2)nn1-c1cccc(F)c1. The summed E-state index contributed by atoms with van der Waals surface area (Å²) in [6.45, 7) is 3.16. The van der Waals surface area contributed by atoms with E-state index < -0.39 is 0 Å². The maximum absolute atomic E-state index is 13.6. The summed E-state index contributed by atoms with van der Waals surface area (Å²) in [6, 6.07) is 6.29. The number of carbonyl (C=O) groups is 1. The second kappa shape index (κ2) is 6.59. The molecule has 1 aromatic heterocycles. The van der Waals surface area contributed by atoms with Gasteiger partial charge in [0.25, 0.3) is 5.91 Å². The molecule has 6 heteroatoms. The number of amides is 1. The first-order valence-electron chi connectivity index (χ1n) is 8.88. The number of aromatic nitrogens is 2. The smallest absolute Gasteiger partial charge is 0.255 e. The van der Waals surface area contributed by atoms with Crippen molar-refractivity contribution >= 4 is 5.91 Å². The fourth-order valence-electron chi connectivity index (χ4n) is 3.41. The molecule has 1 aliphatic heterocycles. The Morgan fingerprint density at radius 3 is 2.92 bits per heavy atom. The van der Waals surface area contributed by atoms with Crippen molar-refractivity contribution in [3.63, 3.8) is 0 Å². The number of carbonyl (C=O) groups excluding carboxylic acids is 1. The monoisotopic (exact) mass is 343 g/mol. The van der Waals surface area contributed by atoms with Crippen LogP contribution >= 0.6 is 0 Å². The van der Waals surface area contributed by atoms with Crippen LogP contribution < -0.4 is 5.32 Å². The van der Waals surface area contributed by atoms with Crippen molar-refractivity contribution in [1.82, 2.24) is 15.1 Å². The van der Waals surface area contributed by atoms with E-state index in [0.717, 1.165) is 43.7 Å². The first-order chi connectivity index (χ1) is 12.1. The topological polar surface area (TPSA) is 56.1 Å². The number of benzene rings is 1. The van der Waals surface area contributed by atoms with Gasteiger partial charge < -0.3 is 10.1 Å². The van der Waals surface area contributed by atoms with E-state index in [1.807, 2.05) is 6.92 Å². The van der Waals surface area contributed by atoms with Crippen LogP contribution in [-0.4, -0.2) is 34.9 Å². The molecule has 4 rings (SSSR count). The van der Waals surface area contributed by atoms with Gasteiger partial charge in [-0.25, -0.2) is 9.07 Å². The van der Waals surface area contributed by atoms with Crippen molar-refractivity contribution in [3.05, 3.63) is 47.0 Å². The van der Waals surface area contributed by atoms with Crippen LogP contribution in [0.5, 0.6) is 0 Å². The number of halogens is 1. The van der Waals surface area contributed by atoms with Gasteiger partial charge in [-0.2, -0.15) is 5.10 Å². The quantitative estimate of drug-likeness (QED) is 0.907. The van der Waals surface area contributed by atoms with E-state index in [4.69, 9.17) is 4.74 Å². The number of rotatable bonds is 5. The highest BCUT2D eigenvalue weighted by atomic mass is 19.1. The average molecular weight is 343 g/mol. The van der Waals surface area contributed by atoms with Crippen molar-refractivity contribution in [2.45, 2.75) is 44.6 Å². The largest absolute Gasteiger partial charge is 0.376 e. The summed E-state index contributed by atoms with van der Waals surface area (Å²) in [6.07, 6.45) is 4.23. The molecule has 1 saturated heterocycles. The molecule has 2 aliphatic rings. The van der Waals surface area contributed by atoms with Crippen molar-refractivity contribution in [2.24, 2.45) is 0 Å². The average Bonchev–Trinajstić information content (AvgIpc) is 3.19. The first kappa shape index (κ1) is 16.3. The Bertz CT molecular complexity index is 792. The normalized spacial score (nSPS) is 20.0. The van der Waals surface area contributed by atoms with E-state index >= 15 is 0 Å². The Labute approximate surface area is 146 Å². The molecular formula is C19H22FN3O2. The van der Waals surface area contributed by atoms with E-state index in [1.54, 1.807) is 16.8 Å². The molecule has 5 nitrogen and oxygen atoms in total. The zero-order valence-corrected chi connectivity index (χ0v) is 14.3. The van der Waals surface area contributed by atoms with E-state index in [9.17, 15) is 9.18 Å². The molecule has 0 radical (unpaired) electrons.